The van der Waals surface area contributed by atoms with Gasteiger partial charge in [-0.1, -0.05) is 6.07 Å². The molecule has 1 heterocycles. The van der Waals surface area contributed by atoms with E-state index in [1.54, 1.807) is 23.0 Å². The van der Waals surface area contributed by atoms with Crippen LogP contribution < -0.4 is 0 Å². The molecule has 14 heavy (non-hydrogen) atoms. The molecule has 0 saturated carbocycles. The van der Waals surface area contributed by atoms with Gasteiger partial charge >= 0.3 is 0 Å². The summed E-state index contributed by atoms with van der Waals surface area (Å²) in [6.07, 6.45) is 3.59. The van der Waals surface area contributed by atoms with Gasteiger partial charge < -0.3 is 0 Å². The summed E-state index contributed by atoms with van der Waals surface area (Å²) in [5.41, 5.74) is 1.02. The third-order valence-electron chi connectivity index (χ3n) is 1.89. The molecule has 1 aromatic carbocycles. The minimum Gasteiger partial charge on any atom is -0.268 e. The summed E-state index contributed by atoms with van der Waals surface area (Å²) in [5, 5.41) is 4.07. The molecule has 2 aromatic rings. The van der Waals surface area contributed by atoms with Crippen molar-refractivity contribution in [2.75, 3.05) is 0 Å². The highest BCUT2D eigenvalue weighted by atomic mass is 79.9. The summed E-state index contributed by atoms with van der Waals surface area (Å²) >= 11 is 3.15. The molecule has 2 nitrogen and oxygen atoms in total. The Bertz CT molecular complexity index is 426. The Morgan fingerprint density at radius 1 is 1.43 bits per heavy atom. The van der Waals surface area contributed by atoms with E-state index >= 15 is 0 Å². The van der Waals surface area contributed by atoms with Crippen molar-refractivity contribution < 1.29 is 4.39 Å². The summed E-state index contributed by atoms with van der Waals surface area (Å²) in [4.78, 5) is 0. The lowest BCUT2D eigenvalue weighted by atomic mass is 10.2. The molecule has 0 aliphatic heterocycles. The normalized spacial score (nSPS) is 10.4. The van der Waals surface area contributed by atoms with Gasteiger partial charge in [-0.05, 0) is 39.7 Å². The van der Waals surface area contributed by atoms with Crippen LogP contribution in [0.4, 0.5) is 4.39 Å². The number of rotatable bonds is 2. The Labute approximate surface area is 89.5 Å². The van der Waals surface area contributed by atoms with E-state index < -0.39 is 0 Å². The fourth-order valence-electron chi connectivity index (χ4n) is 1.22. The molecule has 0 spiro atoms. The number of aromatic nitrogens is 2. The lowest BCUT2D eigenvalue weighted by Crippen LogP contribution is -1.99. The van der Waals surface area contributed by atoms with Crippen LogP contribution in [0.2, 0.25) is 0 Å². The lowest BCUT2D eigenvalue weighted by Gasteiger charge is -2.02. The van der Waals surface area contributed by atoms with Crippen LogP contribution in [-0.4, -0.2) is 9.78 Å². The second-order valence-electron chi connectivity index (χ2n) is 2.95. The Kier molecular flexibility index (Phi) is 2.63. The van der Waals surface area contributed by atoms with E-state index in [9.17, 15) is 4.39 Å². The van der Waals surface area contributed by atoms with E-state index in [2.05, 4.69) is 21.0 Å². The zero-order chi connectivity index (χ0) is 9.97. The average Bonchev–Trinajstić information content (AvgIpc) is 2.64. The topological polar surface area (TPSA) is 17.8 Å². The second-order valence-corrected chi connectivity index (χ2v) is 3.81. The van der Waals surface area contributed by atoms with Gasteiger partial charge in [0.2, 0.25) is 0 Å². The van der Waals surface area contributed by atoms with Gasteiger partial charge in [-0.2, -0.15) is 5.10 Å². The average molecular weight is 255 g/mol. The minimum atomic E-state index is -0.241. The van der Waals surface area contributed by atoms with Gasteiger partial charge in [0.05, 0.1) is 11.0 Å². The Hall–Kier alpha value is -1.16. The third kappa shape index (κ3) is 2.01. The molecule has 0 unspecified atom stereocenters. The lowest BCUT2D eigenvalue weighted by molar-refractivity contribution is 0.617. The van der Waals surface area contributed by atoms with Crippen LogP contribution in [0.15, 0.2) is 41.1 Å². The van der Waals surface area contributed by atoms with Crippen molar-refractivity contribution in [1.82, 2.24) is 9.78 Å². The second kappa shape index (κ2) is 3.92. The van der Waals surface area contributed by atoms with Gasteiger partial charge in [-0.15, -0.1) is 0 Å². The molecule has 0 N–H and O–H groups in total. The van der Waals surface area contributed by atoms with Crippen LogP contribution in [0.1, 0.15) is 5.56 Å². The third-order valence-corrected chi connectivity index (χ3v) is 2.50. The van der Waals surface area contributed by atoms with Crippen LogP contribution in [0.3, 0.4) is 0 Å². The highest BCUT2D eigenvalue weighted by molar-refractivity contribution is 9.10. The van der Waals surface area contributed by atoms with E-state index in [-0.39, 0.29) is 5.82 Å². The van der Waals surface area contributed by atoms with E-state index in [1.165, 1.54) is 6.07 Å². The molecule has 0 aliphatic rings. The summed E-state index contributed by atoms with van der Waals surface area (Å²) in [5.74, 6) is -0.241. The molecule has 0 amide bonds. The quantitative estimate of drug-likeness (QED) is 0.806. The van der Waals surface area contributed by atoms with Gasteiger partial charge in [0.25, 0.3) is 0 Å². The van der Waals surface area contributed by atoms with E-state index in [0.717, 1.165) is 5.56 Å². The van der Waals surface area contributed by atoms with Crippen LogP contribution >= 0.6 is 15.9 Å². The molecule has 0 atom stereocenters. The zero-order valence-corrected chi connectivity index (χ0v) is 8.91. The van der Waals surface area contributed by atoms with E-state index in [1.807, 2.05) is 12.3 Å². The summed E-state index contributed by atoms with van der Waals surface area (Å²) in [6, 6.07) is 6.82. The molecular formula is C10H8BrFN2. The van der Waals surface area contributed by atoms with Crippen molar-refractivity contribution in [3.05, 3.63) is 52.5 Å². The predicted molar refractivity (Wildman–Crippen MR) is 55.4 cm³/mol. The predicted octanol–water partition coefficient (Wildman–Crippen LogP) is 2.83. The Morgan fingerprint density at radius 2 is 2.29 bits per heavy atom. The highest BCUT2D eigenvalue weighted by Crippen LogP contribution is 2.17. The monoisotopic (exact) mass is 254 g/mol. The summed E-state index contributed by atoms with van der Waals surface area (Å²) in [7, 11) is 0. The molecule has 1 aromatic heterocycles. The number of nitrogens with zero attached hydrogens (tertiary/aromatic N) is 2. The maximum Gasteiger partial charge on any atom is 0.137 e. The fourth-order valence-corrected chi connectivity index (χ4v) is 1.65. The molecule has 72 valence electrons. The van der Waals surface area contributed by atoms with Crippen molar-refractivity contribution in [3.8, 4) is 0 Å². The van der Waals surface area contributed by atoms with Crippen LogP contribution in [0.25, 0.3) is 0 Å². The Morgan fingerprint density at radius 3 is 2.93 bits per heavy atom. The molecule has 4 heteroatoms. The van der Waals surface area contributed by atoms with Gasteiger partial charge in [0.1, 0.15) is 5.82 Å². The molecule has 2 rings (SSSR count). The minimum absolute atomic E-state index is 0.241. The molecule has 0 aliphatic carbocycles. The van der Waals surface area contributed by atoms with Gasteiger partial charge in [-0.3, -0.25) is 4.68 Å². The summed E-state index contributed by atoms with van der Waals surface area (Å²) < 4.78 is 15.2. The van der Waals surface area contributed by atoms with E-state index in [4.69, 9.17) is 0 Å². The number of hydrogen-bond donors (Lipinski definition) is 0. The molecule has 0 bridgehead atoms. The standard InChI is InChI=1S/C10H8BrFN2/c11-9-6-8(2-3-10(9)12)7-14-5-1-4-13-14/h1-6H,7H2. The number of hydrogen-bond acceptors (Lipinski definition) is 1. The zero-order valence-electron chi connectivity index (χ0n) is 7.32. The van der Waals surface area contributed by atoms with E-state index in [0.29, 0.717) is 11.0 Å². The highest BCUT2D eigenvalue weighted by Gasteiger charge is 2.00. The van der Waals surface area contributed by atoms with Crippen molar-refractivity contribution in [3.63, 3.8) is 0 Å². The first-order valence-electron chi connectivity index (χ1n) is 4.17. The molecular weight excluding hydrogens is 247 g/mol. The van der Waals surface area contributed by atoms with Gasteiger partial charge in [0.15, 0.2) is 0 Å². The van der Waals surface area contributed by atoms with Crippen LogP contribution in [0.5, 0.6) is 0 Å². The van der Waals surface area contributed by atoms with Gasteiger partial charge in [0, 0.05) is 12.4 Å². The maximum absolute atomic E-state index is 12.9. The molecule has 0 saturated heterocycles. The van der Waals surface area contributed by atoms with Crippen molar-refractivity contribution in [1.29, 1.82) is 0 Å². The van der Waals surface area contributed by atoms with Crippen molar-refractivity contribution in [2.24, 2.45) is 0 Å². The number of halogens is 2. The van der Waals surface area contributed by atoms with Crippen LogP contribution in [0, 0.1) is 5.82 Å². The molecule has 0 fully saturated rings. The first kappa shape index (κ1) is 9.40. The first-order valence-corrected chi connectivity index (χ1v) is 4.96. The SMILES string of the molecule is Fc1ccc(Cn2cccn2)cc1Br. The van der Waals surface area contributed by atoms with Crippen molar-refractivity contribution in [2.45, 2.75) is 6.54 Å². The first-order chi connectivity index (χ1) is 6.75. The van der Waals surface area contributed by atoms with Gasteiger partial charge in [-0.25, -0.2) is 4.39 Å². The smallest absolute Gasteiger partial charge is 0.137 e. The fraction of sp³-hybridized carbons (Fsp3) is 0.100. The maximum atomic E-state index is 12.9. The van der Waals surface area contributed by atoms with Crippen molar-refractivity contribution >= 4 is 15.9 Å². The number of benzene rings is 1. The van der Waals surface area contributed by atoms with Crippen LogP contribution in [-0.2, 0) is 6.54 Å². The Balaban J connectivity index is 2.22. The molecule has 0 radical (unpaired) electrons. The summed E-state index contributed by atoms with van der Waals surface area (Å²) in [6.45, 7) is 0.659. The largest absolute Gasteiger partial charge is 0.268 e.